The summed E-state index contributed by atoms with van der Waals surface area (Å²) in [5.74, 6) is -0.720. The van der Waals surface area contributed by atoms with E-state index < -0.39 is 23.6 Å². The van der Waals surface area contributed by atoms with Gasteiger partial charge >= 0.3 is 6.09 Å². The summed E-state index contributed by atoms with van der Waals surface area (Å²) in [6, 6.07) is 5.41. The number of aromatic hydroxyl groups is 1. The Morgan fingerprint density at radius 1 is 1.10 bits per heavy atom. The molecule has 0 spiro atoms. The van der Waals surface area contributed by atoms with Crippen molar-refractivity contribution in [3.05, 3.63) is 29.8 Å². The van der Waals surface area contributed by atoms with Crippen LogP contribution < -0.4 is 10.6 Å². The zero-order valence-corrected chi connectivity index (χ0v) is 19.4. The molecule has 3 amide bonds. The zero-order valence-electron chi connectivity index (χ0n) is 19.4. The average molecular weight is 436 g/mol. The number of amides is 3. The minimum absolute atomic E-state index is 0.0112. The zero-order chi connectivity index (χ0) is 23.4. The highest BCUT2D eigenvalue weighted by Crippen LogP contribution is 2.25. The van der Waals surface area contributed by atoms with Gasteiger partial charge in [-0.25, -0.2) is 4.79 Å². The van der Waals surface area contributed by atoms with Gasteiger partial charge in [-0.2, -0.15) is 0 Å². The standard InChI is InChI=1S/C23H37N3O5/c1-6-8-9-13-24-21(29)20(17-11-10-12-18(27)15-17)26(14-7-2)19(28)16-25-22(30)31-23(3,4)5/h10-12,15,20,27H,6-9,13-14,16H2,1-5H3,(H,24,29)(H,25,30). The number of phenolic OH excluding ortho intramolecular Hbond substituents is 1. The molecule has 1 aromatic rings. The van der Waals surface area contributed by atoms with Crippen LogP contribution in [0.15, 0.2) is 24.3 Å². The van der Waals surface area contributed by atoms with Crippen molar-refractivity contribution in [1.82, 2.24) is 15.5 Å². The van der Waals surface area contributed by atoms with Crippen LogP contribution in [-0.2, 0) is 14.3 Å². The van der Waals surface area contributed by atoms with Crippen molar-refractivity contribution in [1.29, 1.82) is 0 Å². The van der Waals surface area contributed by atoms with E-state index in [-0.39, 0.29) is 18.2 Å². The monoisotopic (exact) mass is 435 g/mol. The summed E-state index contributed by atoms with van der Waals surface area (Å²) in [5, 5.41) is 15.3. The van der Waals surface area contributed by atoms with Crippen LogP contribution in [0.25, 0.3) is 0 Å². The van der Waals surface area contributed by atoms with Crippen LogP contribution in [0, 0.1) is 0 Å². The number of unbranched alkanes of at least 4 members (excludes halogenated alkanes) is 2. The molecule has 8 heteroatoms. The first-order valence-electron chi connectivity index (χ1n) is 10.9. The second kappa shape index (κ2) is 12.8. The van der Waals surface area contributed by atoms with Crippen LogP contribution in [0.4, 0.5) is 4.79 Å². The Morgan fingerprint density at radius 3 is 2.39 bits per heavy atom. The van der Waals surface area contributed by atoms with E-state index in [0.717, 1.165) is 19.3 Å². The second-order valence-corrected chi connectivity index (χ2v) is 8.44. The molecule has 0 aliphatic heterocycles. The molecule has 1 unspecified atom stereocenters. The van der Waals surface area contributed by atoms with E-state index in [1.54, 1.807) is 32.9 Å². The third-order valence-electron chi connectivity index (χ3n) is 4.39. The lowest BCUT2D eigenvalue weighted by atomic mass is 10.0. The number of phenols is 1. The minimum Gasteiger partial charge on any atom is -0.508 e. The van der Waals surface area contributed by atoms with Gasteiger partial charge in [-0.05, 0) is 51.3 Å². The van der Waals surface area contributed by atoms with Crippen molar-refractivity contribution in [2.75, 3.05) is 19.6 Å². The summed E-state index contributed by atoms with van der Waals surface area (Å²) in [6.07, 6.45) is 2.79. The molecule has 1 rings (SSSR count). The number of rotatable bonds is 11. The van der Waals surface area contributed by atoms with Crippen LogP contribution >= 0.6 is 0 Å². The number of carbonyl (C=O) groups is 3. The van der Waals surface area contributed by atoms with Gasteiger partial charge in [0.15, 0.2) is 0 Å². The van der Waals surface area contributed by atoms with Crippen LogP contribution in [0.5, 0.6) is 5.75 Å². The quantitative estimate of drug-likeness (QED) is 0.461. The number of carbonyl (C=O) groups excluding carboxylic acids is 3. The van der Waals surface area contributed by atoms with Crippen molar-refractivity contribution < 1.29 is 24.2 Å². The highest BCUT2D eigenvalue weighted by Gasteiger charge is 2.31. The van der Waals surface area contributed by atoms with Gasteiger partial charge in [0, 0.05) is 13.1 Å². The van der Waals surface area contributed by atoms with Crippen LogP contribution in [-0.4, -0.2) is 53.1 Å². The van der Waals surface area contributed by atoms with E-state index >= 15 is 0 Å². The van der Waals surface area contributed by atoms with Gasteiger partial charge in [0.2, 0.25) is 11.8 Å². The average Bonchev–Trinajstić information content (AvgIpc) is 2.68. The van der Waals surface area contributed by atoms with E-state index in [4.69, 9.17) is 4.74 Å². The molecule has 174 valence electrons. The van der Waals surface area contributed by atoms with E-state index in [9.17, 15) is 19.5 Å². The molecule has 0 aliphatic rings. The smallest absolute Gasteiger partial charge is 0.408 e. The Hall–Kier alpha value is -2.77. The molecule has 1 aromatic carbocycles. The van der Waals surface area contributed by atoms with Crippen LogP contribution in [0.1, 0.15) is 71.9 Å². The Morgan fingerprint density at radius 2 is 1.81 bits per heavy atom. The predicted molar refractivity (Wildman–Crippen MR) is 120 cm³/mol. The second-order valence-electron chi connectivity index (χ2n) is 8.44. The lowest BCUT2D eigenvalue weighted by Gasteiger charge is -2.31. The number of hydrogen-bond acceptors (Lipinski definition) is 5. The number of ether oxygens (including phenoxy) is 1. The van der Waals surface area contributed by atoms with Crippen molar-refractivity contribution in [2.45, 2.75) is 71.9 Å². The molecule has 0 saturated carbocycles. The maximum atomic E-state index is 13.1. The first-order chi connectivity index (χ1) is 14.6. The van der Waals surface area contributed by atoms with E-state index in [2.05, 4.69) is 17.6 Å². The predicted octanol–water partition coefficient (Wildman–Crippen LogP) is 3.50. The van der Waals surface area contributed by atoms with Gasteiger partial charge in [0.05, 0.1) is 0 Å². The molecular formula is C23H37N3O5. The summed E-state index contributed by atoms with van der Waals surface area (Å²) in [6.45, 7) is 9.71. The highest BCUT2D eigenvalue weighted by atomic mass is 16.6. The van der Waals surface area contributed by atoms with Crippen molar-refractivity contribution in [2.24, 2.45) is 0 Å². The Kier molecular flexibility index (Phi) is 10.9. The fraction of sp³-hybridized carbons (Fsp3) is 0.609. The molecular weight excluding hydrogens is 398 g/mol. The maximum absolute atomic E-state index is 13.1. The molecule has 3 N–H and O–H groups in total. The lowest BCUT2D eigenvalue weighted by Crippen LogP contribution is -2.48. The molecule has 0 aromatic heterocycles. The lowest BCUT2D eigenvalue weighted by molar-refractivity contribution is -0.140. The molecule has 0 radical (unpaired) electrons. The molecule has 1 atom stereocenters. The number of nitrogens with zero attached hydrogens (tertiary/aromatic N) is 1. The topological polar surface area (TPSA) is 108 Å². The van der Waals surface area contributed by atoms with Gasteiger partial charge in [0.1, 0.15) is 23.9 Å². The first-order valence-corrected chi connectivity index (χ1v) is 10.9. The van der Waals surface area contributed by atoms with Crippen molar-refractivity contribution >= 4 is 17.9 Å². The third-order valence-corrected chi connectivity index (χ3v) is 4.39. The van der Waals surface area contributed by atoms with Crippen LogP contribution in [0.3, 0.4) is 0 Å². The number of nitrogens with one attached hydrogen (secondary N) is 2. The molecule has 0 aliphatic carbocycles. The fourth-order valence-corrected chi connectivity index (χ4v) is 3.05. The molecule has 0 bridgehead atoms. The van der Waals surface area contributed by atoms with Gasteiger partial charge < -0.3 is 25.4 Å². The van der Waals surface area contributed by atoms with E-state index in [1.165, 1.54) is 17.0 Å². The number of benzene rings is 1. The Bertz CT molecular complexity index is 730. The minimum atomic E-state index is -0.915. The summed E-state index contributed by atoms with van der Waals surface area (Å²) >= 11 is 0. The van der Waals surface area contributed by atoms with Gasteiger partial charge in [-0.15, -0.1) is 0 Å². The van der Waals surface area contributed by atoms with E-state index in [1.807, 2.05) is 6.92 Å². The molecule has 0 saturated heterocycles. The Balaban J connectivity index is 3.04. The summed E-state index contributed by atoms with van der Waals surface area (Å²) < 4.78 is 5.18. The summed E-state index contributed by atoms with van der Waals surface area (Å²) in [7, 11) is 0. The van der Waals surface area contributed by atoms with Gasteiger partial charge in [-0.1, -0.05) is 38.8 Å². The Labute approximate surface area is 185 Å². The SMILES string of the molecule is CCCCCNC(=O)C(c1cccc(O)c1)N(CCC)C(=O)CNC(=O)OC(C)(C)C. The van der Waals surface area contributed by atoms with Gasteiger partial charge in [0.25, 0.3) is 0 Å². The summed E-state index contributed by atoms with van der Waals surface area (Å²) in [4.78, 5) is 39.4. The first kappa shape index (κ1) is 26.3. The normalized spacial score (nSPS) is 12.0. The molecule has 8 nitrogen and oxygen atoms in total. The number of hydrogen-bond donors (Lipinski definition) is 3. The number of alkyl carbamates (subject to hydrolysis) is 1. The largest absolute Gasteiger partial charge is 0.508 e. The van der Waals surface area contributed by atoms with E-state index in [0.29, 0.717) is 25.1 Å². The molecule has 0 heterocycles. The maximum Gasteiger partial charge on any atom is 0.408 e. The fourth-order valence-electron chi connectivity index (χ4n) is 3.05. The van der Waals surface area contributed by atoms with Crippen LogP contribution in [0.2, 0.25) is 0 Å². The molecule has 0 fully saturated rings. The third kappa shape index (κ3) is 9.72. The van der Waals surface area contributed by atoms with Crippen molar-refractivity contribution in [3.8, 4) is 5.75 Å². The summed E-state index contributed by atoms with van der Waals surface area (Å²) in [5.41, 5.74) is -0.175. The highest BCUT2D eigenvalue weighted by molar-refractivity contribution is 5.90. The van der Waals surface area contributed by atoms with Crippen molar-refractivity contribution in [3.63, 3.8) is 0 Å². The van der Waals surface area contributed by atoms with Gasteiger partial charge in [-0.3, -0.25) is 9.59 Å². The molecule has 31 heavy (non-hydrogen) atoms.